The molecule has 1 heterocycles. The molecule has 0 bridgehead atoms. The minimum Gasteiger partial charge on any atom is -0.465 e. The standard InChI is InChI=1S/C16H17F3N2O3.CHF3/c1-8-12(16(17,18)19)6-20-14(13(8)15(23)24-2)21(3-4-22)7-11-9-5-10(9)11;2-1(3)4/h6,9,22H,3-5,7H2,1-2H3;1H. The van der Waals surface area contributed by atoms with Gasteiger partial charge in [-0.25, -0.2) is 9.78 Å². The van der Waals surface area contributed by atoms with E-state index in [0.717, 1.165) is 19.7 Å². The van der Waals surface area contributed by atoms with Crippen LogP contribution < -0.4 is 4.90 Å². The van der Waals surface area contributed by atoms with E-state index in [-0.39, 0.29) is 30.1 Å². The molecule has 1 unspecified atom stereocenters. The van der Waals surface area contributed by atoms with Crippen LogP contribution in [-0.4, -0.2) is 49.5 Å². The van der Waals surface area contributed by atoms with Crippen molar-refractivity contribution in [2.24, 2.45) is 5.92 Å². The molecule has 2 aliphatic carbocycles. The molecule has 1 aromatic rings. The van der Waals surface area contributed by atoms with Gasteiger partial charge in [0, 0.05) is 25.2 Å². The van der Waals surface area contributed by atoms with Gasteiger partial charge in [-0.15, -0.1) is 0 Å². The van der Waals surface area contributed by atoms with Crippen molar-refractivity contribution in [2.75, 3.05) is 31.7 Å². The van der Waals surface area contributed by atoms with E-state index in [1.165, 1.54) is 18.1 Å². The predicted octanol–water partition coefficient (Wildman–Crippen LogP) is 3.50. The average molecular weight is 412 g/mol. The lowest BCUT2D eigenvalue weighted by Crippen LogP contribution is -2.31. The number of methoxy groups -OCH3 is 1. The zero-order chi connectivity index (χ0) is 21.2. The van der Waals surface area contributed by atoms with Crippen LogP contribution in [0.4, 0.5) is 32.2 Å². The topological polar surface area (TPSA) is 62.7 Å². The number of hydrogen-bond donors (Lipinski definition) is 1. The number of hydrogen-bond acceptors (Lipinski definition) is 5. The smallest absolute Gasteiger partial charge is 0.418 e. The Kier molecular flexibility index (Phi) is 6.58. The van der Waals surface area contributed by atoms with Crippen LogP contribution in [-0.2, 0) is 10.9 Å². The maximum Gasteiger partial charge on any atom is 0.418 e. The van der Waals surface area contributed by atoms with Gasteiger partial charge in [-0.3, -0.25) is 0 Å². The maximum atomic E-state index is 13.1. The van der Waals surface area contributed by atoms with E-state index in [1.54, 1.807) is 4.90 Å². The summed E-state index contributed by atoms with van der Waals surface area (Å²) in [7, 11) is 1.11. The van der Waals surface area contributed by atoms with Gasteiger partial charge in [0.05, 0.1) is 19.3 Å². The number of aromatic nitrogens is 1. The maximum absolute atomic E-state index is 13.1. The number of fused-ring (bicyclic) bond motifs is 1. The number of allylic oxidation sites excluding steroid dienone is 1. The third-order valence-corrected chi connectivity index (χ3v) is 4.48. The second kappa shape index (κ2) is 8.38. The minimum absolute atomic E-state index is 0.112. The van der Waals surface area contributed by atoms with Crippen molar-refractivity contribution < 1.29 is 41.0 Å². The van der Waals surface area contributed by atoms with Crippen molar-refractivity contribution in [3.63, 3.8) is 0 Å². The lowest BCUT2D eigenvalue weighted by molar-refractivity contribution is -0.138. The SMILES string of the molecule is COC(=O)c1c(N(CCO)CC2=C3CC32)ncc(C(F)(F)F)c1C.FC(F)F. The molecule has 0 aliphatic heterocycles. The van der Waals surface area contributed by atoms with Gasteiger partial charge in [0.2, 0.25) is 0 Å². The summed E-state index contributed by atoms with van der Waals surface area (Å²) in [6.45, 7) is -2.00. The van der Waals surface area contributed by atoms with Crippen molar-refractivity contribution >= 4 is 11.8 Å². The molecular weight excluding hydrogens is 394 g/mol. The number of anilines is 1. The number of halogens is 6. The van der Waals surface area contributed by atoms with Crippen LogP contribution in [0.5, 0.6) is 0 Å². The Bertz CT molecular complexity index is 776. The molecule has 28 heavy (non-hydrogen) atoms. The van der Waals surface area contributed by atoms with Crippen LogP contribution in [0.15, 0.2) is 17.3 Å². The zero-order valence-corrected chi connectivity index (χ0v) is 15.0. The highest BCUT2D eigenvalue weighted by molar-refractivity contribution is 5.97. The highest BCUT2D eigenvalue weighted by Crippen LogP contribution is 2.61. The molecule has 5 nitrogen and oxygen atoms in total. The van der Waals surface area contributed by atoms with Gasteiger partial charge in [-0.05, 0) is 24.5 Å². The highest BCUT2D eigenvalue weighted by atomic mass is 19.4. The monoisotopic (exact) mass is 412 g/mol. The van der Waals surface area contributed by atoms with Crippen molar-refractivity contribution in [3.8, 4) is 0 Å². The van der Waals surface area contributed by atoms with Crippen molar-refractivity contribution in [2.45, 2.75) is 26.2 Å². The Labute approximate surface area is 156 Å². The molecule has 0 aromatic carbocycles. The summed E-state index contributed by atoms with van der Waals surface area (Å²) in [5.74, 6) is -0.244. The summed E-state index contributed by atoms with van der Waals surface area (Å²) in [5.41, 5.74) is 1.19. The molecule has 0 amide bonds. The summed E-state index contributed by atoms with van der Waals surface area (Å²) in [4.78, 5) is 17.6. The molecule has 3 rings (SSSR count). The molecule has 1 fully saturated rings. The van der Waals surface area contributed by atoms with Gasteiger partial charge in [-0.2, -0.15) is 26.3 Å². The van der Waals surface area contributed by atoms with E-state index < -0.39 is 24.4 Å². The predicted molar refractivity (Wildman–Crippen MR) is 86.9 cm³/mol. The van der Waals surface area contributed by atoms with E-state index >= 15 is 0 Å². The van der Waals surface area contributed by atoms with Gasteiger partial charge in [0.1, 0.15) is 11.4 Å². The molecule has 1 aromatic heterocycles. The summed E-state index contributed by atoms with van der Waals surface area (Å²) >= 11 is 0. The number of carbonyl (C=O) groups is 1. The first-order chi connectivity index (χ1) is 13.0. The van der Waals surface area contributed by atoms with Crippen molar-refractivity contribution in [1.82, 2.24) is 4.98 Å². The fourth-order valence-electron chi connectivity index (χ4n) is 2.92. The van der Waals surface area contributed by atoms with Crippen LogP contribution in [0, 0.1) is 12.8 Å². The third-order valence-electron chi connectivity index (χ3n) is 4.48. The molecule has 2 aliphatic rings. The van der Waals surface area contributed by atoms with Gasteiger partial charge in [0.15, 0.2) is 0 Å². The molecule has 0 spiro atoms. The largest absolute Gasteiger partial charge is 0.465 e. The number of carbonyl (C=O) groups excluding carboxylic acids is 1. The van der Waals surface area contributed by atoms with Crippen LogP contribution >= 0.6 is 0 Å². The number of pyridine rings is 1. The Morgan fingerprint density at radius 3 is 2.36 bits per heavy atom. The summed E-state index contributed by atoms with van der Waals surface area (Å²) in [6.07, 6.45) is -2.80. The summed E-state index contributed by atoms with van der Waals surface area (Å²) in [5, 5.41) is 9.27. The fourth-order valence-corrected chi connectivity index (χ4v) is 2.92. The average Bonchev–Trinajstić information content (AvgIpc) is 3.48. The van der Waals surface area contributed by atoms with Gasteiger partial charge in [0.25, 0.3) is 0 Å². The van der Waals surface area contributed by atoms with Crippen molar-refractivity contribution in [1.29, 1.82) is 0 Å². The molecule has 1 N–H and O–H groups in total. The van der Waals surface area contributed by atoms with Crippen LogP contribution in [0.25, 0.3) is 0 Å². The molecule has 0 radical (unpaired) electrons. The molecular formula is C17H18F6N2O3. The van der Waals surface area contributed by atoms with Crippen LogP contribution in [0.3, 0.4) is 0 Å². The number of aliphatic hydroxyl groups excluding tert-OH is 1. The number of esters is 1. The summed E-state index contributed by atoms with van der Waals surface area (Å²) < 4.78 is 73.0. The Morgan fingerprint density at radius 2 is 1.96 bits per heavy atom. The highest BCUT2D eigenvalue weighted by Gasteiger charge is 2.50. The first kappa shape index (κ1) is 22.0. The van der Waals surface area contributed by atoms with Gasteiger partial charge >= 0.3 is 18.8 Å². The number of nitrogens with zero attached hydrogens (tertiary/aromatic N) is 2. The zero-order valence-electron chi connectivity index (χ0n) is 15.0. The first-order valence-electron chi connectivity index (χ1n) is 8.17. The van der Waals surface area contributed by atoms with Crippen LogP contribution in [0.2, 0.25) is 0 Å². The lowest BCUT2D eigenvalue weighted by Gasteiger charge is -2.26. The quantitative estimate of drug-likeness (QED) is 0.440. The van der Waals surface area contributed by atoms with Crippen molar-refractivity contribution in [3.05, 3.63) is 34.0 Å². The number of ether oxygens (including phenoxy) is 1. The second-order valence-corrected chi connectivity index (χ2v) is 6.18. The lowest BCUT2D eigenvalue weighted by atomic mass is 10.0. The number of rotatable bonds is 6. The molecule has 0 saturated heterocycles. The number of aliphatic hydroxyl groups is 1. The van der Waals surface area contributed by atoms with E-state index in [2.05, 4.69) is 9.72 Å². The van der Waals surface area contributed by atoms with Crippen LogP contribution in [0.1, 0.15) is 27.9 Å². The number of alkyl halides is 6. The van der Waals surface area contributed by atoms with E-state index in [4.69, 9.17) is 0 Å². The van der Waals surface area contributed by atoms with Gasteiger partial charge < -0.3 is 14.7 Å². The Hall–Kier alpha value is -2.30. The summed E-state index contributed by atoms with van der Waals surface area (Å²) in [6, 6.07) is 0. The third kappa shape index (κ3) is 4.94. The first-order valence-corrected chi connectivity index (χ1v) is 8.17. The molecule has 1 atom stereocenters. The normalized spacial score (nSPS) is 17.0. The van der Waals surface area contributed by atoms with Gasteiger partial charge in [-0.1, -0.05) is 5.57 Å². The van der Waals surface area contributed by atoms with E-state index in [1.807, 2.05) is 0 Å². The fraction of sp³-hybridized carbons (Fsp3) is 0.529. The molecule has 156 valence electrons. The molecule has 1 saturated carbocycles. The molecule has 11 heteroatoms. The second-order valence-electron chi connectivity index (χ2n) is 6.18. The van der Waals surface area contributed by atoms with E-state index in [0.29, 0.717) is 12.5 Å². The minimum atomic E-state index is -4.61. The Morgan fingerprint density at radius 1 is 1.39 bits per heavy atom. The Balaban J connectivity index is 0.000000640. The van der Waals surface area contributed by atoms with E-state index in [9.17, 15) is 36.2 Å².